The molecule has 4 rings (SSSR count). The first-order valence-electron chi connectivity index (χ1n) is 9.58. The molecule has 6 heteroatoms. The lowest BCUT2D eigenvalue weighted by Crippen LogP contribution is -2.49. The minimum atomic E-state index is -1.21. The van der Waals surface area contributed by atoms with E-state index in [1.807, 2.05) is 36.4 Å². The SMILES string of the molecule is COC(=O)OC1Oc2ccc(Cl)cc2C(c2ccccc2)(C2CCCCC2)O1. The predicted molar refractivity (Wildman–Crippen MR) is 104 cm³/mol. The first-order chi connectivity index (χ1) is 13.6. The van der Waals surface area contributed by atoms with Crippen molar-refractivity contribution in [2.24, 2.45) is 5.92 Å². The highest BCUT2D eigenvalue weighted by atomic mass is 35.5. The lowest BCUT2D eigenvalue weighted by molar-refractivity contribution is -0.296. The monoisotopic (exact) mass is 402 g/mol. The molecule has 2 aromatic carbocycles. The Balaban J connectivity index is 1.88. The fraction of sp³-hybridized carbons (Fsp3) is 0.409. The molecule has 2 unspecified atom stereocenters. The maximum atomic E-state index is 11.7. The van der Waals surface area contributed by atoms with Crippen molar-refractivity contribution in [3.05, 3.63) is 64.7 Å². The molecule has 0 N–H and O–H groups in total. The Kier molecular flexibility index (Phi) is 5.47. The molecule has 0 bridgehead atoms. The van der Waals surface area contributed by atoms with Gasteiger partial charge in [-0.3, -0.25) is 4.74 Å². The summed E-state index contributed by atoms with van der Waals surface area (Å²) >= 11 is 6.36. The van der Waals surface area contributed by atoms with E-state index in [4.69, 9.17) is 25.8 Å². The van der Waals surface area contributed by atoms with Gasteiger partial charge in [-0.2, -0.15) is 0 Å². The van der Waals surface area contributed by atoms with Crippen LogP contribution in [0.5, 0.6) is 5.75 Å². The van der Waals surface area contributed by atoms with Gasteiger partial charge in [0, 0.05) is 10.6 Å². The van der Waals surface area contributed by atoms with Crippen LogP contribution in [0.2, 0.25) is 5.02 Å². The molecule has 1 saturated carbocycles. The standard InChI is InChI=1S/C22H23ClO5/c1-25-20(24)27-21-26-19-13-12-17(23)14-18(19)22(28-21,15-8-4-2-5-9-15)16-10-6-3-7-11-16/h2,4-5,8-9,12-14,16,21H,3,6-7,10-11H2,1H3. The van der Waals surface area contributed by atoms with Gasteiger partial charge < -0.3 is 14.2 Å². The Morgan fingerprint density at radius 3 is 2.57 bits per heavy atom. The van der Waals surface area contributed by atoms with Crippen molar-refractivity contribution in [1.82, 2.24) is 0 Å². The van der Waals surface area contributed by atoms with E-state index in [9.17, 15) is 4.79 Å². The molecule has 1 aliphatic carbocycles. The van der Waals surface area contributed by atoms with Crippen LogP contribution in [-0.2, 0) is 19.8 Å². The van der Waals surface area contributed by atoms with E-state index in [2.05, 4.69) is 4.74 Å². The van der Waals surface area contributed by atoms with Crippen molar-refractivity contribution in [1.29, 1.82) is 0 Å². The second kappa shape index (κ2) is 8.02. The number of hydrogen-bond donors (Lipinski definition) is 0. The average Bonchev–Trinajstić information content (AvgIpc) is 2.74. The number of ether oxygens (including phenoxy) is 4. The Morgan fingerprint density at radius 1 is 1.11 bits per heavy atom. The Labute approximate surface area is 169 Å². The van der Waals surface area contributed by atoms with E-state index in [1.54, 1.807) is 12.1 Å². The molecule has 2 aromatic rings. The largest absolute Gasteiger partial charge is 0.512 e. The van der Waals surface area contributed by atoms with Crippen LogP contribution in [0.25, 0.3) is 0 Å². The van der Waals surface area contributed by atoms with Crippen molar-refractivity contribution in [3.8, 4) is 5.75 Å². The van der Waals surface area contributed by atoms with E-state index >= 15 is 0 Å². The normalized spacial score (nSPS) is 24.7. The first-order valence-corrected chi connectivity index (χ1v) is 9.96. The molecule has 0 saturated heterocycles. The molecule has 1 aliphatic heterocycles. The lowest BCUT2D eigenvalue weighted by Gasteiger charge is -2.47. The summed E-state index contributed by atoms with van der Waals surface area (Å²) in [6, 6.07) is 15.5. The molecule has 2 atom stereocenters. The highest BCUT2D eigenvalue weighted by Crippen LogP contribution is 2.53. The van der Waals surface area contributed by atoms with E-state index < -0.39 is 18.2 Å². The number of halogens is 1. The quantitative estimate of drug-likeness (QED) is 0.622. The average molecular weight is 403 g/mol. The lowest BCUT2D eigenvalue weighted by atomic mass is 9.69. The molecule has 0 amide bonds. The van der Waals surface area contributed by atoms with Crippen molar-refractivity contribution in [2.75, 3.05) is 7.11 Å². The van der Waals surface area contributed by atoms with Crippen LogP contribution >= 0.6 is 11.6 Å². The zero-order chi connectivity index (χ0) is 19.6. The highest BCUT2D eigenvalue weighted by molar-refractivity contribution is 6.30. The van der Waals surface area contributed by atoms with Gasteiger partial charge in [-0.25, -0.2) is 4.79 Å². The van der Waals surface area contributed by atoms with Crippen LogP contribution < -0.4 is 4.74 Å². The first kappa shape index (κ1) is 19.1. The highest BCUT2D eigenvalue weighted by Gasteiger charge is 2.51. The Hall–Kier alpha value is -2.24. The number of carbonyl (C=O) groups excluding carboxylic acids is 1. The van der Waals surface area contributed by atoms with Gasteiger partial charge in [0.2, 0.25) is 0 Å². The zero-order valence-electron chi connectivity index (χ0n) is 15.7. The summed E-state index contributed by atoms with van der Waals surface area (Å²) in [4.78, 5) is 11.7. The van der Waals surface area contributed by atoms with Crippen LogP contribution in [0, 0.1) is 5.92 Å². The molecule has 5 nitrogen and oxygen atoms in total. The third-order valence-electron chi connectivity index (χ3n) is 5.59. The summed E-state index contributed by atoms with van der Waals surface area (Å²) < 4.78 is 22.2. The fourth-order valence-corrected chi connectivity index (χ4v) is 4.56. The Morgan fingerprint density at radius 2 is 1.86 bits per heavy atom. The van der Waals surface area contributed by atoms with Crippen LogP contribution in [0.3, 0.4) is 0 Å². The molecule has 0 aromatic heterocycles. The van der Waals surface area contributed by atoms with Crippen molar-refractivity contribution < 1.29 is 23.7 Å². The summed E-state index contributed by atoms with van der Waals surface area (Å²) in [7, 11) is 1.25. The van der Waals surface area contributed by atoms with Gasteiger partial charge in [0.25, 0.3) is 0 Å². The van der Waals surface area contributed by atoms with E-state index in [0.717, 1.165) is 36.8 Å². The molecule has 1 fully saturated rings. The van der Waals surface area contributed by atoms with E-state index in [-0.39, 0.29) is 5.92 Å². The molecule has 28 heavy (non-hydrogen) atoms. The van der Waals surface area contributed by atoms with Gasteiger partial charge in [0.05, 0.1) is 7.11 Å². The summed E-state index contributed by atoms with van der Waals surface area (Å²) in [6.45, 7) is -1.21. The van der Waals surface area contributed by atoms with Gasteiger partial charge in [-0.05, 0) is 42.5 Å². The molecule has 0 spiro atoms. The Bertz CT molecular complexity index is 834. The molecular weight excluding hydrogens is 380 g/mol. The topological polar surface area (TPSA) is 54.0 Å². The second-order valence-electron chi connectivity index (χ2n) is 7.17. The maximum Gasteiger partial charge on any atom is 0.512 e. The van der Waals surface area contributed by atoms with Gasteiger partial charge in [0.15, 0.2) is 0 Å². The smallest absolute Gasteiger partial charge is 0.437 e. The predicted octanol–water partition coefficient (Wildman–Crippen LogP) is 5.64. The number of hydrogen-bond acceptors (Lipinski definition) is 5. The maximum absolute atomic E-state index is 11.7. The molecule has 148 valence electrons. The van der Waals surface area contributed by atoms with E-state index in [0.29, 0.717) is 10.8 Å². The van der Waals surface area contributed by atoms with Gasteiger partial charge >= 0.3 is 12.6 Å². The number of methoxy groups -OCH3 is 1. The van der Waals surface area contributed by atoms with Crippen LogP contribution in [0.15, 0.2) is 48.5 Å². The number of benzene rings is 2. The number of rotatable bonds is 3. The van der Waals surface area contributed by atoms with Crippen LogP contribution in [-0.4, -0.2) is 19.7 Å². The fourth-order valence-electron chi connectivity index (χ4n) is 4.38. The minimum Gasteiger partial charge on any atom is -0.437 e. The van der Waals surface area contributed by atoms with Crippen LogP contribution in [0.4, 0.5) is 4.79 Å². The number of carbonyl (C=O) groups is 1. The molecule has 2 aliphatic rings. The van der Waals surface area contributed by atoms with Crippen molar-refractivity contribution in [3.63, 3.8) is 0 Å². The second-order valence-corrected chi connectivity index (χ2v) is 7.61. The van der Waals surface area contributed by atoms with Crippen LogP contribution in [0.1, 0.15) is 43.2 Å². The van der Waals surface area contributed by atoms with Gasteiger partial charge in [-0.15, -0.1) is 0 Å². The van der Waals surface area contributed by atoms with Gasteiger partial charge in [0.1, 0.15) is 11.4 Å². The third-order valence-corrected chi connectivity index (χ3v) is 5.82. The third kappa shape index (κ3) is 3.45. The minimum absolute atomic E-state index is 0.202. The van der Waals surface area contributed by atoms with Crippen molar-refractivity contribution >= 4 is 17.8 Å². The summed E-state index contributed by atoms with van der Waals surface area (Å²) in [5.74, 6) is 0.799. The summed E-state index contributed by atoms with van der Waals surface area (Å²) in [5.41, 5.74) is 1.04. The zero-order valence-corrected chi connectivity index (χ0v) is 16.5. The van der Waals surface area contributed by atoms with Crippen molar-refractivity contribution in [2.45, 2.75) is 44.2 Å². The molecular formula is C22H23ClO5. The molecule has 0 radical (unpaired) electrons. The van der Waals surface area contributed by atoms with E-state index in [1.165, 1.54) is 13.5 Å². The number of fused-ring (bicyclic) bond motifs is 1. The summed E-state index contributed by atoms with van der Waals surface area (Å²) in [6.07, 6.45) is 4.62. The summed E-state index contributed by atoms with van der Waals surface area (Å²) in [5, 5.41) is 0.606. The molecule has 1 heterocycles. The van der Waals surface area contributed by atoms with Gasteiger partial charge in [-0.1, -0.05) is 61.2 Å².